The molecule has 0 fully saturated rings. The van der Waals surface area contributed by atoms with Crippen LogP contribution in [0.3, 0.4) is 0 Å². The molecule has 142 valence electrons. The SMILES string of the molecule is Cc1ccc(C)c(C(=O)CCC(=O)OCC(=O)NC(=O)NCC(C)C)c1. The third-order valence-corrected chi connectivity index (χ3v) is 3.54. The molecule has 26 heavy (non-hydrogen) atoms. The van der Waals surface area contributed by atoms with E-state index < -0.39 is 24.5 Å². The maximum Gasteiger partial charge on any atom is 0.321 e. The number of hydrogen-bond donors (Lipinski definition) is 2. The molecular formula is C19H26N2O5. The molecule has 3 amide bonds. The number of rotatable bonds is 8. The summed E-state index contributed by atoms with van der Waals surface area (Å²) in [5.74, 6) is -1.29. The van der Waals surface area contributed by atoms with Crippen molar-refractivity contribution in [2.45, 2.75) is 40.5 Å². The van der Waals surface area contributed by atoms with Gasteiger partial charge in [-0.3, -0.25) is 19.7 Å². The highest BCUT2D eigenvalue weighted by Crippen LogP contribution is 2.14. The Morgan fingerprint density at radius 3 is 2.42 bits per heavy atom. The maximum absolute atomic E-state index is 12.2. The number of carbonyl (C=O) groups is 4. The molecule has 1 aromatic rings. The van der Waals surface area contributed by atoms with Crippen molar-refractivity contribution < 1.29 is 23.9 Å². The van der Waals surface area contributed by atoms with E-state index in [-0.39, 0.29) is 24.5 Å². The maximum atomic E-state index is 12.2. The first-order valence-corrected chi connectivity index (χ1v) is 8.52. The topological polar surface area (TPSA) is 102 Å². The number of ketones is 1. The van der Waals surface area contributed by atoms with E-state index in [1.807, 2.05) is 39.8 Å². The number of hydrogen-bond acceptors (Lipinski definition) is 5. The molecule has 0 aliphatic heterocycles. The predicted octanol–water partition coefficient (Wildman–Crippen LogP) is 2.29. The summed E-state index contributed by atoms with van der Waals surface area (Å²) < 4.78 is 4.79. The molecule has 0 aliphatic carbocycles. The molecule has 0 aromatic heterocycles. The number of nitrogens with one attached hydrogen (secondary N) is 2. The molecule has 0 spiro atoms. The molecule has 0 radical (unpaired) electrons. The predicted molar refractivity (Wildman–Crippen MR) is 96.8 cm³/mol. The zero-order chi connectivity index (χ0) is 19.7. The Bertz CT molecular complexity index is 683. The molecule has 1 aromatic carbocycles. The van der Waals surface area contributed by atoms with Crippen LogP contribution in [0.2, 0.25) is 0 Å². The van der Waals surface area contributed by atoms with Gasteiger partial charge in [0.25, 0.3) is 5.91 Å². The minimum absolute atomic E-state index is 0.000377. The monoisotopic (exact) mass is 362 g/mol. The van der Waals surface area contributed by atoms with Gasteiger partial charge in [-0.1, -0.05) is 31.5 Å². The van der Waals surface area contributed by atoms with Gasteiger partial charge in [-0.15, -0.1) is 0 Å². The van der Waals surface area contributed by atoms with E-state index in [4.69, 9.17) is 4.74 Å². The molecule has 7 nitrogen and oxygen atoms in total. The first-order valence-electron chi connectivity index (χ1n) is 8.52. The van der Waals surface area contributed by atoms with Crippen LogP contribution >= 0.6 is 0 Å². The summed E-state index contributed by atoms with van der Waals surface area (Å²) in [5, 5.41) is 4.57. The van der Waals surface area contributed by atoms with Crippen LogP contribution in [0, 0.1) is 19.8 Å². The molecular weight excluding hydrogens is 336 g/mol. The van der Waals surface area contributed by atoms with Crippen LogP contribution in [0.4, 0.5) is 4.79 Å². The number of carbonyl (C=O) groups excluding carboxylic acids is 4. The van der Waals surface area contributed by atoms with Gasteiger partial charge in [0.1, 0.15) is 0 Å². The standard InChI is InChI=1S/C19H26N2O5/c1-12(2)10-20-19(25)21-17(23)11-26-18(24)8-7-16(22)15-9-13(3)5-6-14(15)4/h5-6,9,12H,7-8,10-11H2,1-4H3,(H2,20,21,23,25). The van der Waals surface area contributed by atoms with Crippen molar-refractivity contribution in [3.05, 3.63) is 34.9 Å². The minimum atomic E-state index is -0.722. The second-order valence-electron chi connectivity index (χ2n) is 6.55. The lowest BCUT2D eigenvalue weighted by Crippen LogP contribution is -2.42. The van der Waals surface area contributed by atoms with Gasteiger partial charge in [0.15, 0.2) is 12.4 Å². The number of aryl methyl sites for hydroxylation is 2. The number of esters is 1. The molecule has 0 atom stereocenters. The lowest BCUT2D eigenvalue weighted by molar-refractivity contribution is -0.148. The van der Waals surface area contributed by atoms with Crippen molar-refractivity contribution in [1.82, 2.24) is 10.6 Å². The summed E-state index contributed by atoms with van der Waals surface area (Å²) in [6.45, 7) is 7.43. The first-order chi connectivity index (χ1) is 12.2. The number of ether oxygens (including phenoxy) is 1. The van der Waals surface area contributed by atoms with Gasteiger partial charge >= 0.3 is 12.0 Å². The lowest BCUT2D eigenvalue weighted by Gasteiger charge is -2.09. The van der Waals surface area contributed by atoms with Crippen molar-refractivity contribution >= 4 is 23.7 Å². The zero-order valence-electron chi connectivity index (χ0n) is 15.7. The summed E-state index contributed by atoms with van der Waals surface area (Å²) in [6.07, 6.45) is -0.126. The number of amides is 3. The zero-order valence-corrected chi connectivity index (χ0v) is 15.7. The van der Waals surface area contributed by atoms with E-state index in [1.165, 1.54) is 0 Å². The van der Waals surface area contributed by atoms with Gasteiger partial charge in [0.05, 0.1) is 6.42 Å². The van der Waals surface area contributed by atoms with Crippen LogP contribution in [-0.4, -0.2) is 36.8 Å². The number of imide groups is 1. The molecule has 0 saturated carbocycles. The Balaban J connectivity index is 2.34. The van der Waals surface area contributed by atoms with Gasteiger partial charge < -0.3 is 10.1 Å². The molecule has 1 rings (SSSR count). The highest BCUT2D eigenvalue weighted by atomic mass is 16.5. The highest BCUT2D eigenvalue weighted by Gasteiger charge is 2.14. The Morgan fingerprint density at radius 2 is 1.77 bits per heavy atom. The molecule has 0 aliphatic rings. The molecule has 7 heteroatoms. The van der Waals surface area contributed by atoms with E-state index in [0.717, 1.165) is 11.1 Å². The van der Waals surface area contributed by atoms with Crippen molar-refractivity contribution in [2.24, 2.45) is 5.92 Å². The third-order valence-electron chi connectivity index (χ3n) is 3.54. The third kappa shape index (κ3) is 7.92. The van der Waals surface area contributed by atoms with E-state index in [9.17, 15) is 19.2 Å². The summed E-state index contributed by atoms with van der Waals surface area (Å²) in [5.41, 5.74) is 2.40. The van der Waals surface area contributed by atoms with Crippen LogP contribution < -0.4 is 10.6 Å². The number of Topliss-reactive ketones (excluding diaryl/α,β-unsaturated/α-hetero) is 1. The van der Waals surface area contributed by atoms with E-state index in [1.54, 1.807) is 6.07 Å². The smallest absolute Gasteiger partial charge is 0.321 e. The summed E-state index contributed by atoms with van der Waals surface area (Å²) >= 11 is 0. The van der Waals surface area contributed by atoms with Crippen molar-refractivity contribution in [3.63, 3.8) is 0 Å². The Hall–Kier alpha value is -2.70. The molecule has 0 bridgehead atoms. The first kappa shape index (κ1) is 21.3. The van der Waals surface area contributed by atoms with Crippen LogP contribution in [0.25, 0.3) is 0 Å². The van der Waals surface area contributed by atoms with E-state index in [0.29, 0.717) is 12.1 Å². The summed E-state index contributed by atoms with van der Waals surface area (Å²) in [6, 6.07) is 4.92. The van der Waals surface area contributed by atoms with Crippen molar-refractivity contribution in [3.8, 4) is 0 Å². The molecule has 0 saturated heterocycles. The van der Waals surface area contributed by atoms with Crippen LogP contribution in [0.5, 0.6) is 0 Å². The average molecular weight is 362 g/mol. The molecule has 0 unspecified atom stereocenters. The number of urea groups is 1. The molecule has 0 heterocycles. The second kappa shape index (κ2) is 10.3. The van der Waals surface area contributed by atoms with Crippen molar-refractivity contribution in [1.29, 1.82) is 0 Å². The minimum Gasteiger partial charge on any atom is -0.456 e. The lowest BCUT2D eigenvalue weighted by atomic mass is 9.99. The van der Waals surface area contributed by atoms with Gasteiger partial charge in [0.2, 0.25) is 0 Å². The van der Waals surface area contributed by atoms with E-state index in [2.05, 4.69) is 10.6 Å². The van der Waals surface area contributed by atoms with Gasteiger partial charge in [-0.05, 0) is 31.4 Å². The fraction of sp³-hybridized carbons (Fsp3) is 0.474. The Kier molecular flexibility index (Phi) is 8.48. The average Bonchev–Trinajstić information content (AvgIpc) is 2.58. The van der Waals surface area contributed by atoms with Crippen LogP contribution in [0.1, 0.15) is 48.2 Å². The second-order valence-corrected chi connectivity index (χ2v) is 6.55. The van der Waals surface area contributed by atoms with Crippen LogP contribution in [0.15, 0.2) is 18.2 Å². The summed E-state index contributed by atoms with van der Waals surface area (Å²) in [4.78, 5) is 46.8. The normalized spacial score (nSPS) is 10.3. The van der Waals surface area contributed by atoms with Gasteiger partial charge in [-0.25, -0.2) is 4.79 Å². The number of benzene rings is 1. The van der Waals surface area contributed by atoms with Gasteiger partial charge in [0, 0.05) is 18.5 Å². The highest BCUT2D eigenvalue weighted by molar-refractivity contribution is 5.99. The van der Waals surface area contributed by atoms with Gasteiger partial charge in [-0.2, -0.15) is 0 Å². The van der Waals surface area contributed by atoms with Crippen molar-refractivity contribution in [2.75, 3.05) is 13.2 Å². The Morgan fingerprint density at radius 1 is 1.08 bits per heavy atom. The van der Waals surface area contributed by atoms with Crippen LogP contribution in [-0.2, 0) is 14.3 Å². The fourth-order valence-electron chi connectivity index (χ4n) is 2.11. The Labute approximate surface area is 153 Å². The molecule has 2 N–H and O–H groups in total. The largest absolute Gasteiger partial charge is 0.456 e. The fourth-order valence-corrected chi connectivity index (χ4v) is 2.11. The quantitative estimate of drug-likeness (QED) is 0.546. The summed E-state index contributed by atoms with van der Waals surface area (Å²) in [7, 11) is 0. The van der Waals surface area contributed by atoms with E-state index >= 15 is 0 Å².